The molecule has 0 radical (unpaired) electrons. The summed E-state index contributed by atoms with van der Waals surface area (Å²) in [5.41, 5.74) is 3.56. The molecule has 5 rings (SSSR count). The molecular weight excluding hydrogens is 410 g/mol. The van der Waals surface area contributed by atoms with E-state index in [0.717, 1.165) is 17.0 Å². The van der Waals surface area contributed by atoms with Crippen molar-refractivity contribution in [2.75, 3.05) is 16.8 Å². The average molecular weight is 430 g/mol. The molecule has 4 aromatic rings. The molecule has 0 bridgehead atoms. The number of aryl methyl sites for hydroxylation is 1. The third kappa shape index (κ3) is 3.64. The van der Waals surface area contributed by atoms with Crippen molar-refractivity contribution in [1.82, 2.24) is 4.98 Å². The second kappa shape index (κ2) is 7.85. The van der Waals surface area contributed by atoms with E-state index in [-0.39, 0.29) is 17.5 Å². The van der Waals surface area contributed by atoms with Crippen LogP contribution in [0, 0.1) is 6.92 Å². The molecule has 1 aliphatic rings. The van der Waals surface area contributed by atoms with E-state index in [9.17, 15) is 9.59 Å². The minimum Gasteiger partial charge on any atom is -0.440 e. The molecule has 31 heavy (non-hydrogen) atoms. The number of aromatic nitrogens is 1. The molecule has 0 spiro atoms. The summed E-state index contributed by atoms with van der Waals surface area (Å²) in [7, 11) is 0. The Morgan fingerprint density at radius 1 is 1.06 bits per heavy atom. The molecule has 7 heteroatoms. The first kappa shape index (κ1) is 19.3. The molecule has 0 unspecified atom stereocenters. The smallest absolute Gasteiger partial charge is 0.277 e. The number of oxazole rings is 1. The number of fused-ring (bicyclic) bond motifs is 1. The van der Waals surface area contributed by atoms with E-state index in [1.165, 1.54) is 16.9 Å². The van der Waals surface area contributed by atoms with Gasteiger partial charge in [-0.1, -0.05) is 24.3 Å². The fourth-order valence-corrected chi connectivity index (χ4v) is 4.35. The van der Waals surface area contributed by atoms with Crippen molar-refractivity contribution in [3.63, 3.8) is 0 Å². The molecule has 0 saturated carbocycles. The first-order valence-electron chi connectivity index (χ1n) is 9.92. The van der Waals surface area contributed by atoms with Crippen molar-refractivity contribution in [2.24, 2.45) is 0 Å². The first-order chi connectivity index (χ1) is 15.1. The van der Waals surface area contributed by atoms with Gasteiger partial charge in [-0.15, -0.1) is 11.3 Å². The van der Waals surface area contributed by atoms with Crippen LogP contribution >= 0.6 is 11.3 Å². The van der Waals surface area contributed by atoms with Crippen molar-refractivity contribution >= 4 is 34.5 Å². The summed E-state index contributed by atoms with van der Waals surface area (Å²) < 4.78 is 5.64. The van der Waals surface area contributed by atoms with Gasteiger partial charge < -0.3 is 14.6 Å². The fourth-order valence-electron chi connectivity index (χ4n) is 3.70. The van der Waals surface area contributed by atoms with Gasteiger partial charge in [-0.3, -0.25) is 9.59 Å². The minimum atomic E-state index is -0.350. The van der Waals surface area contributed by atoms with Crippen molar-refractivity contribution in [3.8, 4) is 10.8 Å². The van der Waals surface area contributed by atoms with Crippen LogP contribution in [0.15, 0.2) is 70.5 Å². The van der Waals surface area contributed by atoms with Gasteiger partial charge in [0.15, 0.2) is 5.69 Å². The van der Waals surface area contributed by atoms with Crippen LogP contribution in [-0.2, 0) is 6.42 Å². The summed E-state index contributed by atoms with van der Waals surface area (Å²) in [6.45, 7) is 2.39. The molecule has 0 aliphatic carbocycles. The summed E-state index contributed by atoms with van der Waals surface area (Å²) in [5.74, 6) is 0.497. The topological polar surface area (TPSA) is 75.4 Å². The molecule has 3 heterocycles. The summed E-state index contributed by atoms with van der Waals surface area (Å²) in [6.07, 6.45) is 0.862. The van der Waals surface area contributed by atoms with Gasteiger partial charge in [0.05, 0.1) is 4.88 Å². The molecule has 0 atom stereocenters. The number of anilines is 2. The van der Waals surface area contributed by atoms with Gasteiger partial charge in [0.1, 0.15) is 5.76 Å². The highest BCUT2D eigenvalue weighted by Gasteiger charge is 2.25. The number of amides is 2. The van der Waals surface area contributed by atoms with Crippen LogP contribution in [0.1, 0.15) is 32.2 Å². The number of rotatable bonds is 4. The Balaban J connectivity index is 1.30. The number of nitrogens with zero attached hydrogens (tertiary/aromatic N) is 2. The molecule has 0 fully saturated rings. The first-order valence-corrected chi connectivity index (χ1v) is 10.8. The number of thiophene rings is 1. The number of hydrogen-bond acceptors (Lipinski definition) is 5. The van der Waals surface area contributed by atoms with E-state index in [0.29, 0.717) is 29.4 Å². The molecule has 2 aromatic carbocycles. The van der Waals surface area contributed by atoms with E-state index in [1.54, 1.807) is 36.1 Å². The van der Waals surface area contributed by atoms with Crippen molar-refractivity contribution in [3.05, 3.63) is 88.6 Å². The van der Waals surface area contributed by atoms with Gasteiger partial charge in [0.2, 0.25) is 5.89 Å². The van der Waals surface area contributed by atoms with Gasteiger partial charge in [0, 0.05) is 23.5 Å². The fraction of sp³-hybridized carbons (Fsp3) is 0.125. The number of carbonyl (C=O) groups is 2. The number of benzene rings is 2. The normalized spacial score (nSPS) is 12.6. The Kier molecular flexibility index (Phi) is 4.88. The van der Waals surface area contributed by atoms with E-state index < -0.39 is 0 Å². The maximum atomic E-state index is 12.9. The largest absolute Gasteiger partial charge is 0.440 e. The van der Waals surface area contributed by atoms with Gasteiger partial charge >= 0.3 is 0 Å². The Morgan fingerprint density at radius 2 is 1.87 bits per heavy atom. The van der Waals surface area contributed by atoms with Gasteiger partial charge in [-0.25, -0.2) is 4.98 Å². The number of para-hydroxylation sites is 1. The monoisotopic (exact) mass is 429 g/mol. The lowest BCUT2D eigenvalue weighted by molar-refractivity contribution is 0.0988. The Bertz CT molecular complexity index is 1260. The Hall–Kier alpha value is -3.71. The summed E-state index contributed by atoms with van der Waals surface area (Å²) in [5, 5.41) is 4.75. The summed E-state index contributed by atoms with van der Waals surface area (Å²) in [6, 6.07) is 18.7. The quantitative estimate of drug-likeness (QED) is 0.486. The second-order valence-electron chi connectivity index (χ2n) is 7.27. The third-order valence-corrected chi connectivity index (χ3v) is 6.12. The Labute approximate surface area is 183 Å². The number of nitrogens with one attached hydrogen (secondary N) is 1. The van der Waals surface area contributed by atoms with E-state index in [1.807, 2.05) is 35.7 Å². The maximum absolute atomic E-state index is 12.9. The molecule has 2 aromatic heterocycles. The Morgan fingerprint density at radius 3 is 2.65 bits per heavy atom. The van der Waals surface area contributed by atoms with Crippen LogP contribution in [0.25, 0.3) is 10.8 Å². The highest BCUT2D eigenvalue weighted by Crippen LogP contribution is 2.29. The molecular formula is C24H19N3O3S. The highest BCUT2D eigenvalue weighted by atomic mass is 32.1. The zero-order valence-corrected chi connectivity index (χ0v) is 17.6. The summed E-state index contributed by atoms with van der Waals surface area (Å²) >= 11 is 1.50. The lowest BCUT2D eigenvalue weighted by Crippen LogP contribution is -2.28. The minimum absolute atomic E-state index is 0.0456. The standard InChI is InChI=1S/C24H19N3O3S/c1-15-21(26-23(30-15)20-7-4-14-31-20)22(28)25-18-10-8-17(9-11-18)24(29)27-13-12-16-5-2-3-6-19(16)27/h2-11,14H,12-13H2,1H3,(H,25,28). The molecule has 154 valence electrons. The summed E-state index contributed by atoms with van der Waals surface area (Å²) in [4.78, 5) is 32.6. The van der Waals surface area contributed by atoms with Crippen LogP contribution in [0.3, 0.4) is 0 Å². The third-order valence-electron chi connectivity index (χ3n) is 5.27. The molecule has 2 amide bonds. The lowest BCUT2D eigenvalue weighted by atomic mass is 10.1. The van der Waals surface area contributed by atoms with Crippen LogP contribution in [0.5, 0.6) is 0 Å². The molecule has 6 nitrogen and oxygen atoms in total. The lowest BCUT2D eigenvalue weighted by Gasteiger charge is -2.17. The predicted molar refractivity (Wildman–Crippen MR) is 121 cm³/mol. The van der Waals surface area contributed by atoms with Gasteiger partial charge in [-0.05, 0) is 60.7 Å². The second-order valence-corrected chi connectivity index (χ2v) is 8.22. The number of hydrogen-bond donors (Lipinski definition) is 1. The number of carbonyl (C=O) groups excluding carboxylic acids is 2. The molecule has 1 aliphatic heterocycles. The van der Waals surface area contributed by atoms with Gasteiger partial charge in [-0.2, -0.15) is 0 Å². The SMILES string of the molecule is Cc1oc(-c2cccs2)nc1C(=O)Nc1ccc(C(=O)N2CCc3ccccc32)cc1. The van der Waals surface area contributed by atoms with Crippen molar-refractivity contribution in [2.45, 2.75) is 13.3 Å². The van der Waals surface area contributed by atoms with Crippen LogP contribution in [0.2, 0.25) is 0 Å². The molecule has 1 N–H and O–H groups in total. The van der Waals surface area contributed by atoms with Crippen molar-refractivity contribution < 1.29 is 14.0 Å². The van der Waals surface area contributed by atoms with E-state index in [2.05, 4.69) is 16.4 Å². The van der Waals surface area contributed by atoms with Crippen LogP contribution in [-0.4, -0.2) is 23.3 Å². The highest BCUT2D eigenvalue weighted by molar-refractivity contribution is 7.13. The zero-order chi connectivity index (χ0) is 21.4. The molecule has 0 saturated heterocycles. The van der Waals surface area contributed by atoms with Crippen molar-refractivity contribution in [1.29, 1.82) is 0 Å². The predicted octanol–water partition coefficient (Wildman–Crippen LogP) is 5.17. The van der Waals surface area contributed by atoms with Gasteiger partial charge in [0.25, 0.3) is 11.8 Å². The van der Waals surface area contributed by atoms with E-state index in [4.69, 9.17) is 4.42 Å². The maximum Gasteiger partial charge on any atom is 0.277 e. The average Bonchev–Trinajstić information content (AvgIpc) is 3.53. The zero-order valence-electron chi connectivity index (χ0n) is 16.8. The van der Waals surface area contributed by atoms with Crippen LogP contribution in [0.4, 0.5) is 11.4 Å². The van der Waals surface area contributed by atoms with Crippen LogP contribution < -0.4 is 10.2 Å². The van der Waals surface area contributed by atoms with E-state index >= 15 is 0 Å².